The van der Waals surface area contributed by atoms with Crippen molar-refractivity contribution in [1.29, 1.82) is 0 Å². The summed E-state index contributed by atoms with van der Waals surface area (Å²) in [5.41, 5.74) is 0.262. The molecule has 4 aromatic rings. The number of nitrogens with zero attached hydrogens (tertiary/aromatic N) is 5. The molecular weight excluding hydrogens is 450 g/mol. The number of rotatable bonds is 5. The molecular formula is C25H25N5O5. The van der Waals surface area contributed by atoms with E-state index in [4.69, 9.17) is 4.74 Å². The number of anilines is 2. The number of aryl methyl sites for hydroxylation is 1. The average Bonchev–Trinajstić information content (AvgIpc) is 3.25. The summed E-state index contributed by atoms with van der Waals surface area (Å²) in [6.07, 6.45) is 0. The highest BCUT2D eigenvalue weighted by Crippen LogP contribution is 2.34. The van der Waals surface area contributed by atoms with Crippen molar-refractivity contribution in [3.05, 3.63) is 75.4 Å². The minimum absolute atomic E-state index is 0.200. The number of fused-ring (bicyclic) bond motifs is 3. The first-order chi connectivity index (χ1) is 16.9. The number of methoxy groups -OCH3 is 1. The average molecular weight is 476 g/mol. The van der Waals surface area contributed by atoms with Gasteiger partial charge in [0.2, 0.25) is 5.95 Å². The summed E-state index contributed by atoms with van der Waals surface area (Å²) in [6.45, 7) is 2.87. The lowest BCUT2D eigenvalue weighted by atomic mass is 10.1. The summed E-state index contributed by atoms with van der Waals surface area (Å²) in [4.78, 5) is 44.6. The van der Waals surface area contributed by atoms with Crippen molar-refractivity contribution < 1.29 is 14.3 Å². The first-order valence-electron chi connectivity index (χ1n) is 11.2. The minimum Gasteiger partial charge on any atom is -0.468 e. The van der Waals surface area contributed by atoms with Gasteiger partial charge in [-0.2, -0.15) is 4.98 Å². The van der Waals surface area contributed by atoms with Gasteiger partial charge in [0, 0.05) is 25.8 Å². The van der Waals surface area contributed by atoms with Crippen molar-refractivity contribution in [3.8, 4) is 11.5 Å². The van der Waals surface area contributed by atoms with Gasteiger partial charge >= 0.3 is 11.7 Å². The van der Waals surface area contributed by atoms with Crippen LogP contribution < -0.4 is 20.9 Å². The molecule has 0 fully saturated rings. The maximum absolute atomic E-state index is 13.3. The van der Waals surface area contributed by atoms with E-state index in [-0.39, 0.29) is 17.1 Å². The highest BCUT2D eigenvalue weighted by Gasteiger charge is 2.30. The van der Waals surface area contributed by atoms with Crippen LogP contribution in [0.1, 0.15) is 6.92 Å². The van der Waals surface area contributed by atoms with E-state index < -0.39 is 23.8 Å². The van der Waals surface area contributed by atoms with Crippen LogP contribution in [0.4, 0.5) is 11.6 Å². The van der Waals surface area contributed by atoms with Gasteiger partial charge in [-0.1, -0.05) is 25.1 Å². The second-order valence-corrected chi connectivity index (χ2v) is 8.63. The summed E-state index contributed by atoms with van der Waals surface area (Å²) in [5.74, 6) is 1.54. The molecule has 0 N–H and O–H groups in total. The number of hydrogen-bond acceptors (Lipinski definition) is 7. The molecule has 1 aliphatic rings. The van der Waals surface area contributed by atoms with Crippen LogP contribution in [0.25, 0.3) is 11.2 Å². The molecule has 0 saturated heterocycles. The molecule has 1 atom stereocenters. The van der Waals surface area contributed by atoms with E-state index in [9.17, 15) is 14.4 Å². The summed E-state index contributed by atoms with van der Waals surface area (Å²) in [7, 11) is 2.76. The minimum atomic E-state index is -0.672. The van der Waals surface area contributed by atoms with Crippen molar-refractivity contribution in [3.63, 3.8) is 0 Å². The van der Waals surface area contributed by atoms with Crippen LogP contribution in [0.2, 0.25) is 0 Å². The zero-order valence-corrected chi connectivity index (χ0v) is 19.7. The van der Waals surface area contributed by atoms with Gasteiger partial charge in [0.1, 0.15) is 18.0 Å². The number of aromatic nitrogens is 4. The number of imidazole rings is 1. The van der Waals surface area contributed by atoms with Crippen LogP contribution in [-0.2, 0) is 29.7 Å². The Morgan fingerprint density at radius 2 is 1.71 bits per heavy atom. The lowest BCUT2D eigenvalue weighted by Crippen LogP contribution is -2.42. The van der Waals surface area contributed by atoms with Crippen molar-refractivity contribution in [1.82, 2.24) is 18.7 Å². The Balaban J connectivity index is 1.57. The molecule has 180 valence electrons. The van der Waals surface area contributed by atoms with E-state index >= 15 is 0 Å². The molecule has 1 aliphatic heterocycles. The summed E-state index contributed by atoms with van der Waals surface area (Å²) < 4.78 is 14.6. The summed E-state index contributed by atoms with van der Waals surface area (Å²) in [6, 6.07) is 17.2. The smallest absolute Gasteiger partial charge is 0.333 e. The van der Waals surface area contributed by atoms with Gasteiger partial charge in [0.25, 0.3) is 5.56 Å². The van der Waals surface area contributed by atoms with Gasteiger partial charge in [-0.25, -0.2) is 9.36 Å². The molecule has 0 bridgehead atoms. The number of esters is 1. The number of ether oxygens (including phenoxy) is 2. The van der Waals surface area contributed by atoms with E-state index in [1.165, 1.54) is 11.7 Å². The van der Waals surface area contributed by atoms with Crippen molar-refractivity contribution in [2.45, 2.75) is 20.0 Å². The van der Waals surface area contributed by atoms with Crippen LogP contribution in [0, 0.1) is 5.92 Å². The zero-order chi connectivity index (χ0) is 24.7. The van der Waals surface area contributed by atoms with Gasteiger partial charge in [0.05, 0.1) is 7.11 Å². The molecule has 3 heterocycles. The predicted molar refractivity (Wildman–Crippen MR) is 130 cm³/mol. The third kappa shape index (κ3) is 3.96. The van der Waals surface area contributed by atoms with Gasteiger partial charge < -0.3 is 18.9 Å². The Labute approximate surface area is 200 Å². The molecule has 10 heteroatoms. The molecule has 5 rings (SSSR count). The molecule has 2 aromatic carbocycles. The highest BCUT2D eigenvalue weighted by molar-refractivity contribution is 5.77. The Bertz CT molecular complexity index is 1520. The van der Waals surface area contributed by atoms with Gasteiger partial charge in [-0.3, -0.25) is 14.2 Å². The fraction of sp³-hybridized carbons (Fsp3) is 0.280. The van der Waals surface area contributed by atoms with Crippen molar-refractivity contribution in [2.75, 3.05) is 18.6 Å². The molecule has 2 aromatic heterocycles. The number of carbonyl (C=O) groups is 1. The zero-order valence-electron chi connectivity index (χ0n) is 19.7. The maximum Gasteiger partial charge on any atom is 0.333 e. The van der Waals surface area contributed by atoms with E-state index in [1.807, 2.05) is 64.1 Å². The lowest BCUT2D eigenvalue weighted by Gasteiger charge is -2.33. The van der Waals surface area contributed by atoms with E-state index in [1.54, 1.807) is 7.05 Å². The monoisotopic (exact) mass is 475 g/mol. The van der Waals surface area contributed by atoms with E-state index in [0.717, 1.165) is 16.0 Å². The number of carbonyl (C=O) groups excluding carboxylic acids is 1. The normalized spacial score (nSPS) is 15.2. The topological polar surface area (TPSA) is 101 Å². The maximum atomic E-state index is 13.3. The van der Waals surface area contributed by atoms with Crippen molar-refractivity contribution >= 4 is 28.8 Å². The van der Waals surface area contributed by atoms with Crippen LogP contribution in [-0.4, -0.2) is 38.3 Å². The quantitative estimate of drug-likeness (QED) is 0.409. The molecule has 0 amide bonds. The summed E-state index contributed by atoms with van der Waals surface area (Å²) in [5, 5.41) is 0. The van der Waals surface area contributed by atoms with Gasteiger partial charge in [-0.15, -0.1) is 0 Å². The summed E-state index contributed by atoms with van der Waals surface area (Å²) >= 11 is 0. The Hall–Kier alpha value is -4.34. The van der Waals surface area contributed by atoms with E-state index in [0.29, 0.717) is 24.8 Å². The second kappa shape index (κ2) is 8.79. The van der Waals surface area contributed by atoms with Gasteiger partial charge in [0.15, 0.2) is 11.2 Å². The Kier molecular flexibility index (Phi) is 5.64. The number of para-hydroxylation sites is 1. The van der Waals surface area contributed by atoms with Crippen molar-refractivity contribution in [2.24, 2.45) is 13.0 Å². The molecule has 0 radical (unpaired) electrons. The van der Waals surface area contributed by atoms with Crippen LogP contribution >= 0.6 is 0 Å². The predicted octanol–water partition coefficient (Wildman–Crippen LogP) is 2.65. The Morgan fingerprint density at radius 1 is 1.03 bits per heavy atom. The third-order valence-corrected chi connectivity index (χ3v) is 6.08. The SMILES string of the molecule is COC(=O)Cn1c(=O)c2c(nc3n2C[C@H](C)CN3c2ccc(Oc3ccccc3)cc2)n(C)c1=O. The first kappa shape index (κ1) is 22.5. The molecule has 0 saturated carbocycles. The lowest BCUT2D eigenvalue weighted by molar-refractivity contribution is -0.141. The first-order valence-corrected chi connectivity index (χ1v) is 11.2. The fourth-order valence-corrected chi connectivity index (χ4v) is 4.37. The van der Waals surface area contributed by atoms with Crippen LogP contribution in [0.15, 0.2) is 64.2 Å². The van der Waals surface area contributed by atoms with Crippen LogP contribution in [0.5, 0.6) is 11.5 Å². The highest BCUT2D eigenvalue weighted by atomic mass is 16.5. The third-order valence-electron chi connectivity index (χ3n) is 6.08. The Morgan fingerprint density at radius 3 is 2.40 bits per heavy atom. The standard InChI is InChI=1S/C25H25N5O5/c1-16-13-28(17-9-11-19(12-10-17)35-18-7-5-4-6-8-18)24-26-22-21(29(24)14-16)23(32)30(15-20(31)34-3)25(33)27(22)2/h4-12,16H,13-15H2,1-3H3/t16-/m1/s1. The molecule has 35 heavy (non-hydrogen) atoms. The van der Waals surface area contributed by atoms with E-state index in [2.05, 4.69) is 16.6 Å². The molecule has 0 unspecified atom stereocenters. The molecule has 10 nitrogen and oxygen atoms in total. The number of benzene rings is 2. The second-order valence-electron chi connectivity index (χ2n) is 8.63. The van der Waals surface area contributed by atoms with Gasteiger partial charge in [-0.05, 0) is 42.3 Å². The fourth-order valence-electron chi connectivity index (χ4n) is 4.37. The van der Waals surface area contributed by atoms with Crippen LogP contribution in [0.3, 0.4) is 0 Å². The largest absolute Gasteiger partial charge is 0.468 e. The molecule has 0 aliphatic carbocycles. The molecule has 0 spiro atoms. The number of hydrogen-bond donors (Lipinski definition) is 0.